The molecule has 98 valence electrons. The van der Waals surface area contributed by atoms with Gasteiger partial charge in [-0.15, -0.1) is 0 Å². The number of nitrogens with zero attached hydrogens (tertiary/aromatic N) is 2. The smallest absolute Gasteiger partial charge is 0.243 e. The van der Waals surface area contributed by atoms with Crippen molar-refractivity contribution in [3.05, 3.63) is 18.2 Å². The molecule has 1 saturated heterocycles. The molecule has 1 aliphatic heterocycles. The van der Waals surface area contributed by atoms with Gasteiger partial charge in [0.15, 0.2) is 0 Å². The molecule has 0 bridgehead atoms. The number of carbonyl (C=O) groups excluding carboxylic acids is 1. The summed E-state index contributed by atoms with van der Waals surface area (Å²) in [7, 11) is 0. The minimum Gasteiger partial charge on any atom is -0.352 e. The molecule has 18 heavy (non-hydrogen) atoms. The van der Waals surface area contributed by atoms with Crippen molar-refractivity contribution in [2.45, 2.75) is 50.7 Å². The largest absolute Gasteiger partial charge is 0.352 e. The number of imidazole rings is 1. The lowest BCUT2D eigenvalue weighted by Gasteiger charge is -2.19. The number of carbonyl (C=O) groups is 1. The van der Waals surface area contributed by atoms with Gasteiger partial charge in [-0.2, -0.15) is 0 Å². The van der Waals surface area contributed by atoms with E-state index in [0.29, 0.717) is 12.1 Å². The van der Waals surface area contributed by atoms with Crippen LogP contribution >= 0.6 is 0 Å². The summed E-state index contributed by atoms with van der Waals surface area (Å²) in [5.41, 5.74) is 1.13. The molecule has 2 atom stereocenters. The van der Waals surface area contributed by atoms with Crippen LogP contribution < -0.4 is 10.6 Å². The van der Waals surface area contributed by atoms with Crippen molar-refractivity contribution in [2.24, 2.45) is 0 Å². The molecule has 2 heterocycles. The van der Waals surface area contributed by atoms with E-state index < -0.39 is 0 Å². The summed E-state index contributed by atoms with van der Waals surface area (Å²) < 4.78 is 2.00. The Morgan fingerprint density at radius 1 is 1.56 bits per heavy atom. The summed E-state index contributed by atoms with van der Waals surface area (Å²) in [6.45, 7) is 3.00. The first-order valence-corrected chi connectivity index (χ1v) is 6.81. The Bertz CT molecular complexity index is 432. The molecule has 1 aromatic rings. The van der Waals surface area contributed by atoms with Gasteiger partial charge in [0, 0.05) is 18.3 Å². The summed E-state index contributed by atoms with van der Waals surface area (Å²) in [6.07, 6.45) is 8.22. The third kappa shape index (κ3) is 2.27. The van der Waals surface area contributed by atoms with Gasteiger partial charge in [0.2, 0.25) is 5.91 Å². The van der Waals surface area contributed by atoms with Crippen molar-refractivity contribution in [1.29, 1.82) is 0 Å². The first-order valence-electron chi connectivity index (χ1n) is 6.81. The van der Waals surface area contributed by atoms with Gasteiger partial charge in [-0.25, -0.2) is 4.98 Å². The summed E-state index contributed by atoms with van der Waals surface area (Å²) in [4.78, 5) is 16.3. The maximum absolute atomic E-state index is 12.1. The van der Waals surface area contributed by atoms with Crippen molar-refractivity contribution in [1.82, 2.24) is 20.2 Å². The van der Waals surface area contributed by atoms with Gasteiger partial charge in [-0.05, 0) is 39.2 Å². The highest BCUT2D eigenvalue weighted by atomic mass is 16.2. The summed E-state index contributed by atoms with van der Waals surface area (Å²) >= 11 is 0. The summed E-state index contributed by atoms with van der Waals surface area (Å²) in [6, 6.07) is 0.589. The molecule has 0 aromatic carbocycles. The van der Waals surface area contributed by atoms with E-state index in [1.54, 1.807) is 6.33 Å². The van der Waals surface area contributed by atoms with E-state index in [1.165, 1.54) is 6.42 Å². The SMILES string of the molecule is CC(C(=O)NC1CC1)n1cncc1C1CCCN1. The molecule has 1 aliphatic carbocycles. The minimum absolute atomic E-state index is 0.106. The fourth-order valence-electron chi connectivity index (χ4n) is 2.52. The molecule has 0 radical (unpaired) electrons. The quantitative estimate of drug-likeness (QED) is 0.840. The Kier molecular flexibility index (Phi) is 3.07. The third-order valence-corrected chi connectivity index (χ3v) is 3.83. The Hall–Kier alpha value is -1.36. The van der Waals surface area contributed by atoms with Crippen LogP contribution in [-0.2, 0) is 4.79 Å². The average Bonchev–Trinajstić information content (AvgIpc) is 2.88. The van der Waals surface area contributed by atoms with Crippen LogP contribution in [0.25, 0.3) is 0 Å². The Morgan fingerprint density at radius 3 is 3.06 bits per heavy atom. The van der Waals surface area contributed by atoms with Crippen LogP contribution in [0.3, 0.4) is 0 Å². The summed E-state index contributed by atoms with van der Waals surface area (Å²) in [5, 5.41) is 6.51. The van der Waals surface area contributed by atoms with Crippen molar-refractivity contribution < 1.29 is 4.79 Å². The highest BCUT2D eigenvalue weighted by molar-refractivity contribution is 5.80. The number of amides is 1. The lowest BCUT2D eigenvalue weighted by molar-refractivity contribution is -0.124. The van der Waals surface area contributed by atoms with Gasteiger partial charge >= 0.3 is 0 Å². The van der Waals surface area contributed by atoms with Gasteiger partial charge in [-0.3, -0.25) is 4.79 Å². The number of rotatable bonds is 4. The normalized spacial score (nSPS) is 25.1. The zero-order chi connectivity index (χ0) is 12.5. The van der Waals surface area contributed by atoms with Crippen molar-refractivity contribution >= 4 is 5.91 Å². The molecular weight excluding hydrogens is 228 g/mol. The molecule has 2 aliphatic rings. The van der Waals surface area contributed by atoms with E-state index in [9.17, 15) is 4.79 Å². The maximum Gasteiger partial charge on any atom is 0.243 e. The van der Waals surface area contributed by atoms with Crippen molar-refractivity contribution in [3.63, 3.8) is 0 Å². The fourth-order valence-corrected chi connectivity index (χ4v) is 2.52. The van der Waals surface area contributed by atoms with Gasteiger partial charge in [-0.1, -0.05) is 0 Å². The lowest BCUT2D eigenvalue weighted by atomic mass is 10.1. The van der Waals surface area contributed by atoms with E-state index in [0.717, 1.165) is 31.5 Å². The molecule has 5 nitrogen and oxygen atoms in total. The fraction of sp³-hybridized carbons (Fsp3) is 0.692. The predicted octanol–water partition coefficient (Wildman–Crippen LogP) is 1.15. The maximum atomic E-state index is 12.1. The van der Waals surface area contributed by atoms with Crippen LogP contribution in [-0.4, -0.2) is 28.0 Å². The second-order valence-corrected chi connectivity index (χ2v) is 5.33. The molecule has 2 fully saturated rings. The van der Waals surface area contributed by atoms with Crippen molar-refractivity contribution in [3.8, 4) is 0 Å². The van der Waals surface area contributed by atoms with Crippen LogP contribution in [0.2, 0.25) is 0 Å². The number of hydrogen-bond donors (Lipinski definition) is 2. The minimum atomic E-state index is -0.175. The van der Waals surface area contributed by atoms with Crippen LogP contribution in [0, 0.1) is 0 Å². The molecule has 1 aromatic heterocycles. The molecule has 5 heteroatoms. The molecule has 3 rings (SSSR count). The lowest BCUT2D eigenvalue weighted by Crippen LogP contribution is -2.33. The predicted molar refractivity (Wildman–Crippen MR) is 68.1 cm³/mol. The van der Waals surface area contributed by atoms with Gasteiger partial charge < -0.3 is 15.2 Å². The Morgan fingerprint density at radius 2 is 2.39 bits per heavy atom. The Labute approximate surface area is 107 Å². The molecule has 1 saturated carbocycles. The van der Waals surface area contributed by atoms with Crippen LogP contribution in [0.4, 0.5) is 0 Å². The van der Waals surface area contributed by atoms with Crippen LogP contribution in [0.15, 0.2) is 12.5 Å². The van der Waals surface area contributed by atoms with Gasteiger partial charge in [0.05, 0.1) is 12.0 Å². The number of nitrogens with one attached hydrogen (secondary N) is 2. The second kappa shape index (κ2) is 4.72. The molecular formula is C13H20N4O. The van der Waals surface area contributed by atoms with E-state index in [1.807, 2.05) is 17.7 Å². The topological polar surface area (TPSA) is 59.0 Å². The highest BCUT2D eigenvalue weighted by Gasteiger charge is 2.28. The number of hydrogen-bond acceptors (Lipinski definition) is 3. The highest BCUT2D eigenvalue weighted by Crippen LogP contribution is 2.26. The zero-order valence-corrected chi connectivity index (χ0v) is 10.7. The molecule has 2 unspecified atom stereocenters. The average molecular weight is 248 g/mol. The van der Waals surface area contributed by atoms with E-state index in [2.05, 4.69) is 15.6 Å². The standard InChI is InChI=1S/C13H20N4O/c1-9(13(18)16-10-4-5-10)17-8-14-7-12(17)11-3-2-6-15-11/h7-11,15H,2-6H2,1H3,(H,16,18). The van der Waals surface area contributed by atoms with E-state index in [-0.39, 0.29) is 11.9 Å². The third-order valence-electron chi connectivity index (χ3n) is 3.83. The summed E-state index contributed by atoms with van der Waals surface area (Å²) in [5.74, 6) is 0.106. The molecule has 2 N–H and O–H groups in total. The Balaban J connectivity index is 1.73. The van der Waals surface area contributed by atoms with Crippen molar-refractivity contribution in [2.75, 3.05) is 6.54 Å². The van der Waals surface area contributed by atoms with E-state index in [4.69, 9.17) is 0 Å². The zero-order valence-electron chi connectivity index (χ0n) is 10.7. The number of aromatic nitrogens is 2. The van der Waals surface area contributed by atoms with E-state index >= 15 is 0 Å². The van der Waals surface area contributed by atoms with Gasteiger partial charge in [0.25, 0.3) is 0 Å². The first-order chi connectivity index (χ1) is 8.75. The molecule has 0 spiro atoms. The van der Waals surface area contributed by atoms with Gasteiger partial charge in [0.1, 0.15) is 6.04 Å². The second-order valence-electron chi connectivity index (χ2n) is 5.33. The van der Waals surface area contributed by atoms with Crippen LogP contribution in [0.1, 0.15) is 50.4 Å². The first kappa shape index (κ1) is 11.7. The van der Waals surface area contributed by atoms with Crippen LogP contribution in [0.5, 0.6) is 0 Å². The monoisotopic (exact) mass is 248 g/mol. The molecule has 1 amide bonds.